The third-order valence-corrected chi connectivity index (χ3v) is 4.96. The van der Waals surface area contributed by atoms with Crippen LogP contribution in [0.1, 0.15) is 18.1 Å². The molecule has 170 valence electrons. The number of anilines is 2. The fraction of sp³-hybridized carbons (Fsp3) is 0.182. The van der Waals surface area contributed by atoms with E-state index in [1.54, 1.807) is 18.5 Å². The molecular weight excluding hydrogens is 437 g/mol. The van der Waals surface area contributed by atoms with E-state index < -0.39 is 17.6 Å². The molecule has 3 N–H and O–H groups in total. The minimum absolute atomic E-state index is 0.0602. The van der Waals surface area contributed by atoms with Gasteiger partial charge in [-0.3, -0.25) is 19.4 Å². The Kier molecular flexibility index (Phi) is 5.62. The number of amides is 2. The smallest absolute Gasteiger partial charge is 0.324 e. The summed E-state index contributed by atoms with van der Waals surface area (Å²) in [5, 5.41) is 17.0. The highest BCUT2D eigenvalue weighted by Gasteiger charge is 2.32. The summed E-state index contributed by atoms with van der Waals surface area (Å²) in [6.45, 7) is 2.59. The summed E-state index contributed by atoms with van der Waals surface area (Å²) in [4.78, 5) is 23.6. The van der Waals surface area contributed by atoms with Gasteiger partial charge in [0.1, 0.15) is 6.54 Å². The van der Waals surface area contributed by atoms with Crippen LogP contribution in [0, 0.1) is 6.92 Å². The van der Waals surface area contributed by atoms with Crippen molar-refractivity contribution in [3.05, 3.63) is 59.9 Å². The number of H-pyrrole nitrogens is 1. The highest BCUT2D eigenvalue weighted by molar-refractivity contribution is 5.99. The summed E-state index contributed by atoms with van der Waals surface area (Å²) < 4.78 is 40.6. The Bertz CT molecular complexity index is 1360. The van der Waals surface area contributed by atoms with E-state index in [1.807, 2.05) is 12.1 Å². The Morgan fingerprint density at radius 1 is 1.09 bits per heavy atom. The van der Waals surface area contributed by atoms with E-state index in [0.717, 1.165) is 22.6 Å². The number of benzene rings is 2. The van der Waals surface area contributed by atoms with Gasteiger partial charge in [-0.1, -0.05) is 12.1 Å². The van der Waals surface area contributed by atoms with Gasteiger partial charge >= 0.3 is 6.18 Å². The number of rotatable bonds is 5. The number of nitrogens with zero attached hydrogens (tertiary/aromatic N) is 3. The van der Waals surface area contributed by atoms with Gasteiger partial charge < -0.3 is 10.6 Å². The number of aromatic amines is 1. The van der Waals surface area contributed by atoms with Crippen molar-refractivity contribution in [1.29, 1.82) is 0 Å². The minimum atomic E-state index is -4.50. The first-order valence-electron chi connectivity index (χ1n) is 9.86. The van der Waals surface area contributed by atoms with Gasteiger partial charge in [0.05, 0.1) is 17.3 Å². The third kappa shape index (κ3) is 4.86. The van der Waals surface area contributed by atoms with Crippen molar-refractivity contribution in [2.75, 3.05) is 10.6 Å². The maximum atomic E-state index is 13.1. The van der Waals surface area contributed by atoms with Gasteiger partial charge in [-0.15, -0.1) is 0 Å². The third-order valence-electron chi connectivity index (χ3n) is 4.96. The molecule has 0 radical (unpaired) electrons. The lowest BCUT2D eigenvalue weighted by Gasteiger charge is -2.12. The lowest BCUT2D eigenvalue weighted by atomic mass is 10.1. The number of aryl methyl sites for hydroxylation is 1. The van der Waals surface area contributed by atoms with Crippen LogP contribution in [0.25, 0.3) is 22.0 Å². The molecule has 0 spiro atoms. The number of carbonyl (C=O) groups is 2. The number of hydrogen-bond acceptors (Lipinski definition) is 4. The standard InChI is InChI=1S/C22H19F3N6O2/c1-12-3-5-16(8-18(12)22(23,24)25)28-20(33)11-31-10-15(9-26-31)14-4-6-17-19(7-14)29-30-21(17)27-13(2)32/h3-10H,11H2,1-2H3,(H,28,33)(H2,27,29,30,32). The van der Waals surface area contributed by atoms with Crippen molar-refractivity contribution in [2.45, 2.75) is 26.6 Å². The molecule has 0 saturated carbocycles. The number of alkyl halides is 3. The fourth-order valence-electron chi connectivity index (χ4n) is 3.41. The molecule has 0 fully saturated rings. The molecule has 0 unspecified atom stereocenters. The Labute approximate surface area is 185 Å². The molecule has 4 rings (SSSR count). The lowest BCUT2D eigenvalue weighted by molar-refractivity contribution is -0.138. The largest absolute Gasteiger partial charge is 0.416 e. The van der Waals surface area contributed by atoms with Crippen LogP contribution in [-0.2, 0) is 22.3 Å². The first-order chi connectivity index (χ1) is 15.6. The number of fused-ring (bicyclic) bond motifs is 1. The molecule has 0 aliphatic carbocycles. The number of carbonyl (C=O) groups excluding carboxylic acids is 2. The lowest BCUT2D eigenvalue weighted by Crippen LogP contribution is -2.19. The van der Waals surface area contributed by atoms with Crippen molar-refractivity contribution in [3.63, 3.8) is 0 Å². The maximum absolute atomic E-state index is 13.1. The van der Waals surface area contributed by atoms with Crippen LogP contribution in [0.2, 0.25) is 0 Å². The van der Waals surface area contributed by atoms with Gasteiger partial charge in [0.2, 0.25) is 11.8 Å². The second-order valence-corrected chi connectivity index (χ2v) is 7.52. The van der Waals surface area contributed by atoms with E-state index in [1.165, 1.54) is 30.7 Å². The molecule has 33 heavy (non-hydrogen) atoms. The summed E-state index contributed by atoms with van der Waals surface area (Å²) in [5.74, 6) is -0.306. The predicted octanol–water partition coefficient (Wildman–Crippen LogP) is 4.35. The van der Waals surface area contributed by atoms with Crippen LogP contribution in [0.15, 0.2) is 48.8 Å². The number of halogens is 3. The summed E-state index contributed by atoms with van der Waals surface area (Å²) >= 11 is 0. The molecule has 2 heterocycles. The van der Waals surface area contributed by atoms with E-state index in [2.05, 4.69) is 25.9 Å². The molecule has 0 aliphatic rings. The molecule has 0 atom stereocenters. The summed E-state index contributed by atoms with van der Waals surface area (Å²) in [7, 11) is 0. The van der Waals surface area contributed by atoms with Crippen molar-refractivity contribution >= 4 is 34.2 Å². The summed E-state index contributed by atoms with van der Waals surface area (Å²) in [6.07, 6.45) is -1.27. The molecule has 2 aromatic carbocycles. The van der Waals surface area contributed by atoms with E-state index in [9.17, 15) is 22.8 Å². The molecule has 11 heteroatoms. The molecule has 8 nitrogen and oxygen atoms in total. The van der Waals surface area contributed by atoms with Gasteiger partial charge in [0.15, 0.2) is 5.82 Å². The molecule has 0 bridgehead atoms. The first-order valence-corrected chi connectivity index (χ1v) is 9.86. The van der Waals surface area contributed by atoms with E-state index in [4.69, 9.17) is 0 Å². The number of nitrogens with one attached hydrogen (secondary N) is 3. The monoisotopic (exact) mass is 456 g/mol. The van der Waals surface area contributed by atoms with Crippen LogP contribution in [0.3, 0.4) is 0 Å². The van der Waals surface area contributed by atoms with Gasteiger partial charge in [-0.2, -0.15) is 23.4 Å². The topological polar surface area (TPSA) is 105 Å². The van der Waals surface area contributed by atoms with E-state index in [0.29, 0.717) is 11.3 Å². The summed E-state index contributed by atoms with van der Waals surface area (Å²) in [6, 6.07) is 9.12. The zero-order valence-corrected chi connectivity index (χ0v) is 17.6. The average molecular weight is 456 g/mol. The van der Waals surface area contributed by atoms with Crippen LogP contribution < -0.4 is 10.6 Å². The van der Waals surface area contributed by atoms with Crippen LogP contribution in [-0.4, -0.2) is 31.8 Å². The van der Waals surface area contributed by atoms with Crippen LogP contribution in [0.4, 0.5) is 24.7 Å². The van der Waals surface area contributed by atoms with Crippen LogP contribution in [0.5, 0.6) is 0 Å². The van der Waals surface area contributed by atoms with Gasteiger partial charge in [0, 0.05) is 29.8 Å². The Morgan fingerprint density at radius 2 is 1.88 bits per heavy atom. The second-order valence-electron chi connectivity index (χ2n) is 7.52. The average Bonchev–Trinajstić information content (AvgIpc) is 3.35. The zero-order valence-electron chi connectivity index (χ0n) is 17.6. The van der Waals surface area contributed by atoms with Gasteiger partial charge in [0.25, 0.3) is 0 Å². The molecule has 0 aliphatic heterocycles. The Hall–Kier alpha value is -4.15. The Morgan fingerprint density at radius 3 is 2.61 bits per heavy atom. The van der Waals surface area contributed by atoms with E-state index >= 15 is 0 Å². The molecule has 2 amide bonds. The van der Waals surface area contributed by atoms with Gasteiger partial charge in [-0.25, -0.2) is 0 Å². The van der Waals surface area contributed by atoms with Crippen LogP contribution >= 0.6 is 0 Å². The molecule has 2 aromatic heterocycles. The normalized spacial score (nSPS) is 11.5. The summed E-state index contributed by atoms with van der Waals surface area (Å²) in [5.41, 5.74) is 1.59. The number of hydrogen-bond donors (Lipinski definition) is 3. The van der Waals surface area contributed by atoms with Crippen molar-refractivity contribution < 1.29 is 22.8 Å². The Balaban J connectivity index is 1.47. The van der Waals surface area contributed by atoms with Crippen molar-refractivity contribution in [3.8, 4) is 11.1 Å². The van der Waals surface area contributed by atoms with Crippen molar-refractivity contribution in [1.82, 2.24) is 20.0 Å². The number of aromatic nitrogens is 4. The quantitative estimate of drug-likeness (QED) is 0.415. The highest BCUT2D eigenvalue weighted by Crippen LogP contribution is 2.33. The van der Waals surface area contributed by atoms with E-state index in [-0.39, 0.29) is 23.7 Å². The predicted molar refractivity (Wildman–Crippen MR) is 116 cm³/mol. The van der Waals surface area contributed by atoms with Gasteiger partial charge in [-0.05, 0) is 42.3 Å². The molecular formula is C22H19F3N6O2. The maximum Gasteiger partial charge on any atom is 0.416 e. The first kappa shape index (κ1) is 22.1. The zero-order chi connectivity index (χ0) is 23.8. The SMILES string of the molecule is CC(=O)Nc1n[nH]c2cc(-c3cnn(CC(=O)Nc4ccc(C)c(C(F)(F)F)c4)c3)ccc12. The minimum Gasteiger partial charge on any atom is -0.324 e. The fourth-order valence-corrected chi connectivity index (χ4v) is 3.41. The second kappa shape index (κ2) is 8.41. The van der Waals surface area contributed by atoms with Crippen molar-refractivity contribution in [2.24, 2.45) is 0 Å². The molecule has 0 saturated heterocycles. The highest BCUT2D eigenvalue weighted by atomic mass is 19.4. The molecule has 4 aromatic rings.